The van der Waals surface area contributed by atoms with Crippen molar-refractivity contribution in [2.24, 2.45) is 5.92 Å². The number of nitriles is 1. The van der Waals surface area contributed by atoms with Crippen LogP contribution in [0.3, 0.4) is 0 Å². The molecule has 3 atom stereocenters. The van der Waals surface area contributed by atoms with Crippen molar-refractivity contribution in [3.05, 3.63) is 0 Å². The predicted molar refractivity (Wildman–Crippen MR) is 29.1 cm³/mol. The predicted octanol–water partition coefficient (Wildman–Crippen LogP) is 0.214. The highest BCUT2D eigenvalue weighted by molar-refractivity contribution is 5.09. The van der Waals surface area contributed by atoms with Gasteiger partial charge in [-0.1, -0.05) is 0 Å². The first-order chi connectivity index (χ1) is 3.92. The molecule has 3 fully saturated rings. The minimum absolute atomic E-state index is 0.301. The molecule has 3 aliphatic rings. The van der Waals surface area contributed by atoms with Crippen molar-refractivity contribution in [3.63, 3.8) is 0 Å². The number of fused-ring (bicyclic) bond motifs is 1. The Hall–Kier alpha value is -0.550. The van der Waals surface area contributed by atoms with Crippen LogP contribution < -0.4 is 0 Å². The molecule has 0 aromatic carbocycles. The van der Waals surface area contributed by atoms with Gasteiger partial charge in [0.1, 0.15) is 6.04 Å². The molecule has 0 aromatic rings. The molecule has 3 heterocycles. The van der Waals surface area contributed by atoms with Crippen molar-refractivity contribution in [3.8, 4) is 6.07 Å². The van der Waals surface area contributed by atoms with Crippen LogP contribution in [0, 0.1) is 17.2 Å². The Labute approximate surface area is 48.7 Å². The van der Waals surface area contributed by atoms with Crippen molar-refractivity contribution < 1.29 is 0 Å². The lowest BCUT2D eigenvalue weighted by Crippen LogP contribution is -2.46. The molecule has 0 aromatic heterocycles. The maximum atomic E-state index is 8.48. The molecule has 3 unspecified atom stereocenters. The highest BCUT2D eigenvalue weighted by Gasteiger charge is 2.44. The maximum Gasteiger partial charge on any atom is 0.102 e. The van der Waals surface area contributed by atoms with Crippen LogP contribution in [0.15, 0.2) is 0 Å². The van der Waals surface area contributed by atoms with Gasteiger partial charge in [0.15, 0.2) is 0 Å². The van der Waals surface area contributed by atoms with Gasteiger partial charge in [-0.15, -0.1) is 0 Å². The highest BCUT2D eigenvalue weighted by Crippen LogP contribution is 2.34. The van der Waals surface area contributed by atoms with Gasteiger partial charge in [0.05, 0.1) is 6.07 Å². The largest absolute Gasteiger partial charge is 0.287 e. The minimum Gasteiger partial charge on any atom is -0.287 e. The third-order valence-electron chi connectivity index (χ3n) is 2.23. The van der Waals surface area contributed by atoms with E-state index in [1.54, 1.807) is 0 Å². The second kappa shape index (κ2) is 1.24. The Morgan fingerprint density at radius 2 is 2.50 bits per heavy atom. The third-order valence-corrected chi connectivity index (χ3v) is 2.23. The van der Waals surface area contributed by atoms with Gasteiger partial charge in [0.25, 0.3) is 0 Å². The van der Waals surface area contributed by atoms with Gasteiger partial charge in [-0.05, 0) is 13.0 Å². The molecule has 3 aliphatic heterocycles. The molecule has 0 radical (unpaired) electrons. The van der Waals surface area contributed by atoms with Gasteiger partial charge < -0.3 is 0 Å². The quantitative estimate of drug-likeness (QED) is 0.443. The first kappa shape index (κ1) is 4.34. The van der Waals surface area contributed by atoms with Crippen molar-refractivity contribution in [1.82, 2.24) is 4.90 Å². The van der Waals surface area contributed by atoms with Crippen molar-refractivity contribution in [2.45, 2.75) is 12.5 Å². The Balaban J connectivity index is 2.15. The Kier molecular flexibility index (Phi) is 0.671. The molecular weight excluding hydrogens is 100 g/mol. The van der Waals surface area contributed by atoms with Crippen molar-refractivity contribution >= 4 is 0 Å². The van der Waals surface area contributed by atoms with Crippen LogP contribution >= 0.6 is 0 Å². The zero-order valence-corrected chi connectivity index (χ0v) is 4.67. The lowest BCUT2D eigenvalue weighted by atomic mass is 9.95. The van der Waals surface area contributed by atoms with E-state index in [9.17, 15) is 0 Å². The summed E-state index contributed by atoms with van der Waals surface area (Å²) in [5, 5.41) is 8.48. The SMILES string of the molecule is N#CC1C2CCN1C2. The molecule has 0 aliphatic carbocycles. The van der Waals surface area contributed by atoms with Gasteiger partial charge in [-0.2, -0.15) is 5.26 Å². The van der Waals surface area contributed by atoms with Crippen LogP contribution in [0.25, 0.3) is 0 Å². The first-order valence-corrected chi connectivity index (χ1v) is 3.05. The second-order valence-electron chi connectivity index (χ2n) is 2.62. The molecule has 2 bridgehead atoms. The van der Waals surface area contributed by atoms with E-state index in [1.807, 2.05) is 0 Å². The average Bonchev–Trinajstić information content (AvgIpc) is 2.19. The lowest BCUT2D eigenvalue weighted by Gasteiger charge is -2.32. The minimum atomic E-state index is 0.301. The van der Waals surface area contributed by atoms with E-state index in [0.29, 0.717) is 6.04 Å². The molecule has 0 saturated carbocycles. The zero-order valence-electron chi connectivity index (χ0n) is 4.67. The van der Waals surface area contributed by atoms with Crippen LogP contribution in [0.4, 0.5) is 0 Å². The first-order valence-electron chi connectivity index (χ1n) is 3.05. The van der Waals surface area contributed by atoms with E-state index < -0.39 is 0 Å². The monoisotopic (exact) mass is 108 g/mol. The maximum absolute atomic E-state index is 8.48. The lowest BCUT2D eigenvalue weighted by molar-refractivity contribution is 0.152. The molecule has 3 saturated heterocycles. The summed E-state index contributed by atoms with van der Waals surface area (Å²) in [6, 6.07) is 2.59. The molecule has 2 heteroatoms. The summed E-state index contributed by atoms with van der Waals surface area (Å²) in [5.74, 6) is 0.736. The average molecular weight is 108 g/mol. The van der Waals surface area contributed by atoms with Crippen LogP contribution in [-0.2, 0) is 0 Å². The molecule has 0 spiro atoms. The van der Waals surface area contributed by atoms with Gasteiger partial charge >= 0.3 is 0 Å². The van der Waals surface area contributed by atoms with E-state index in [2.05, 4.69) is 11.0 Å². The van der Waals surface area contributed by atoms with E-state index in [4.69, 9.17) is 5.26 Å². The topological polar surface area (TPSA) is 27.0 Å². The molecule has 0 amide bonds. The summed E-state index contributed by atoms with van der Waals surface area (Å²) in [6.45, 7) is 2.36. The van der Waals surface area contributed by atoms with E-state index in [0.717, 1.165) is 5.92 Å². The van der Waals surface area contributed by atoms with E-state index in [-0.39, 0.29) is 0 Å². The molecule has 3 rings (SSSR count). The molecular formula is C6H8N2. The standard InChI is InChI=1S/C6H8N2/c7-3-6-5-1-2-8(6)4-5/h5-6H,1-2,4H2. The summed E-state index contributed by atoms with van der Waals surface area (Å²) in [6.07, 6.45) is 1.26. The molecule has 42 valence electrons. The number of rotatable bonds is 0. The number of hydrogen-bond donors (Lipinski definition) is 0. The van der Waals surface area contributed by atoms with Gasteiger partial charge in [-0.25, -0.2) is 0 Å². The van der Waals surface area contributed by atoms with Crippen LogP contribution in [0.1, 0.15) is 6.42 Å². The normalized spacial score (nSPS) is 50.1. The Morgan fingerprint density at radius 1 is 1.62 bits per heavy atom. The molecule has 2 nitrogen and oxygen atoms in total. The fraction of sp³-hybridized carbons (Fsp3) is 0.833. The summed E-state index contributed by atoms with van der Waals surface area (Å²) in [7, 11) is 0. The number of hydrogen-bond acceptors (Lipinski definition) is 2. The van der Waals surface area contributed by atoms with E-state index >= 15 is 0 Å². The van der Waals surface area contributed by atoms with Gasteiger partial charge in [-0.3, -0.25) is 4.90 Å². The summed E-state index contributed by atoms with van der Waals surface area (Å²) in [5.41, 5.74) is 0. The Morgan fingerprint density at radius 3 is 2.75 bits per heavy atom. The fourth-order valence-corrected chi connectivity index (χ4v) is 1.67. The number of nitrogens with zero attached hydrogens (tertiary/aromatic N) is 2. The van der Waals surface area contributed by atoms with Gasteiger partial charge in [0, 0.05) is 12.5 Å². The molecule has 8 heavy (non-hydrogen) atoms. The van der Waals surface area contributed by atoms with Crippen molar-refractivity contribution in [2.75, 3.05) is 13.1 Å². The summed E-state index contributed by atoms with van der Waals surface area (Å²) < 4.78 is 0. The summed E-state index contributed by atoms with van der Waals surface area (Å²) in [4.78, 5) is 2.24. The van der Waals surface area contributed by atoms with Crippen LogP contribution in [0.5, 0.6) is 0 Å². The Bertz CT molecular complexity index is 133. The highest BCUT2D eigenvalue weighted by atomic mass is 15.3. The van der Waals surface area contributed by atoms with Crippen molar-refractivity contribution in [1.29, 1.82) is 5.26 Å². The van der Waals surface area contributed by atoms with Crippen LogP contribution in [0.2, 0.25) is 0 Å². The molecule has 0 N–H and O–H groups in total. The summed E-state index contributed by atoms with van der Waals surface area (Å²) >= 11 is 0. The van der Waals surface area contributed by atoms with E-state index in [1.165, 1.54) is 19.5 Å². The third kappa shape index (κ3) is 0.317. The second-order valence-corrected chi connectivity index (χ2v) is 2.62. The van der Waals surface area contributed by atoms with Gasteiger partial charge in [0.2, 0.25) is 0 Å². The zero-order chi connectivity index (χ0) is 5.56. The smallest absolute Gasteiger partial charge is 0.102 e. The van der Waals surface area contributed by atoms with Crippen LogP contribution in [-0.4, -0.2) is 24.0 Å². The fourth-order valence-electron chi connectivity index (χ4n) is 1.67.